The third kappa shape index (κ3) is 3.11. The summed E-state index contributed by atoms with van der Waals surface area (Å²) >= 11 is 10.9. The molecule has 0 unspecified atom stereocenters. The molecule has 0 saturated heterocycles. The summed E-state index contributed by atoms with van der Waals surface area (Å²) in [6.07, 6.45) is 3.32. The van der Waals surface area contributed by atoms with Crippen molar-refractivity contribution < 1.29 is 13.9 Å². The lowest BCUT2D eigenvalue weighted by atomic mass is 9.78. The van der Waals surface area contributed by atoms with Gasteiger partial charge in [0, 0.05) is 26.1 Å². The van der Waals surface area contributed by atoms with E-state index in [0.717, 1.165) is 12.8 Å². The largest absolute Gasteiger partial charge is 0.489 e. The molecule has 10 heteroatoms. The Labute approximate surface area is 179 Å². The highest BCUT2D eigenvalue weighted by atomic mass is 79.9. The van der Waals surface area contributed by atoms with Gasteiger partial charge in [0.2, 0.25) is 5.91 Å². The summed E-state index contributed by atoms with van der Waals surface area (Å²) < 4.78 is 21.0. The van der Waals surface area contributed by atoms with Crippen LogP contribution in [-0.4, -0.2) is 60.3 Å². The van der Waals surface area contributed by atoms with E-state index in [1.807, 2.05) is 6.26 Å². The van der Waals surface area contributed by atoms with Crippen molar-refractivity contribution in [3.05, 3.63) is 15.3 Å². The molecule has 1 aromatic carbocycles. The van der Waals surface area contributed by atoms with Crippen LogP contribution in [0.1, 0.15) is 12.8 Å². The molecule has 0 spiro atoms. The van der Waals surface area contributed by atoms with Crippen molar-refractivity contribution in [3.8, 4) is 5.75 Å². The minimum absolute atomic E-state index is 0.00577. The van der Waals surface area contributed by atoms with Gasteiger partial charge in [-0.15, -0.1) is 0 Å². The van der Waals surface area contributed by atoms with Gasteiger partial charge in [0.15, 0.2) is 16.7 Å². The van der Waals surface area contributed by atoms with Crippen LogP contribution < -0.4 is 9.64 Å². The van der Waals surface area contributed by atoms with Gasteiger partial charge in [-0.1, -0.05) is 23.4 Å². The molecule has 1 saturated carbocycles. The number of ether oxygens (including phenoxy) is 1. The summed E-state index contributed by atoms with van der Waals surface area (Å²) in [6, 6.07) is 0.140. The molecule has 2 heterocycles. The highest BCUT2D eigenvalue weighted by Gasteiger charge is 2.41. The summed E-state index contributed by atoms with van der Waals surface area (Å²) in [7, 11) is 3.54. The van der Waals surface area contributed by atoms with E-state index in [0.29, 0.717) is 35.3 Å². The van der Waals surface area contributed by atoms with Crippen molar-refractivity contribution >= 4 is 61.9 Å². The molecular weight excluding hydrogens is 471 g/mol. The topological polar surface area (TPSA) is 58.6 Å². The number of hydrogen-bond acceptors (Lipinski definition) is 6. The van der Waals surface area contributed by atoms with Gasteiger partial charge in [-0.05, 0) is 35.0 Å². The van der Waals surface area contributed by atoms with Crippen LogP contribution in [0.5, 0.6) is 5.75 Å². The molecule has 2 aliphatic rings. The van der Waals surface area contributed by atoms with Crippen molar-refractivity contribution in [2.24, 2.45) is 5.92 Å². The molecule has 2 aromatic rings. The molecule has 1 amide bonds. The van der Waals surface area contributed by atoms with Crippen molar-refractivity contribution in [3.63, 3.8) is 0 Å². The van der Waals surface area contributed by atoms with Gasteiger partial charge in [0.25, 0.3) is 0 Å². The third-order valence-corrected chi connectivity index (χ3v) is 7.15. The number of rotatable bonds is 3. The van der Waals surface area contributed by atoms with E-state index in [9.17, 15) is 9.18 Å². The average Bonchev–Trinajstić information content (AvgIpc) is 2.83. The monoisotopic (exact) mass is 488 g/mol. The maximum absolute atomic E-state index is 15.0. The molecule has 28 heavy (non-hydrogen) atoms. The van der Waals surface area contributed by atoms with Crippen LogP contribution in [0.15, 0.2) is 9.63 Å². The number of aromatic nitrogens is 2. The van der Waals surface area contributed by atoms with Gasteiger partial charge < -0.3 is 14.5 Å². The van der Waals surface area contributed by atoms with Crippen LogP contribution in [0.3, 0.4) is 0 Å². The predicted molar refractivity (Wildman–Crippen MR) is 112 cm³/mol. The van der Waals surface area contributed by atoms with Crippen LogP contribution >= 0.6 is 39.3 Å². The van der Waals surface area contributed by atoms with Gasteiger partial charge in [0.05, 0.1) is 16.4 Å². The Balaban J connectivity index is 1.81. The third-order valence-electron chi connectivity index (χ3n) is 5.27. The minimum atomic E-state index is -0.526. The van der Waals surface area contributed by atoms with Gasteiger partial charge in [0.1, 0.15) is 23.0 Å². The fourth-order valence-electron chi connectivity index (χ4n) is 3.76. The molecule has 0 bridgehead atoms. The molecule has 4 rings (SSSR count). The lowest BCUT2D eigenvalue weighted by Gasteiger charge is -2.43. The second-order valence-electron chi connectivity index (χ2n) is 7.13. The number of amides is 1. The van der Waals surface area contributed by atoms with Crippen molar-refractivity contribution in [1.29, 1.82) is 0 Å². The smallest absolute Gasteiger partial charge is 0.225 e. The summed E-state index contributed by atoms with van der Waals surface area (Å²) in [5.41, 5.74) is 0.188. The Bertz CT molecular complexity index is 971. The van der Waals surface area contributed by atoms with Crippen LogP contribution in [0.4, 0.5) is 10.2 Å². The summed E-state index contributed by atoms with van der Waals surface area (Å²) in [4.78, 5) is 25.0. The second-order valence-corrected chi connectivity index (χ2v) is 9.07. The number of anilines is 1. The zero-order valence-electron chi connectivity index (χ0n) is 15.6. The van der Waals surface area contributed by atoms with E-state index in [1.165, 1.54) is 11.8 Å². The highest BCUT2D eigenvalue weighted by Crippen LogP contribution is 2.47. The van der Waals surface area contributed by atoms with Crippen LogP contribution in [0.25, 0.3) is 10.9 Å². The zero-order chi connectivity index (χ0) is 20.2. The van der Waals surface area contributed by atoms with Crippen molar-refractivity contribution in [1.82, 2.24) is 14.9 Å². The molecule has 0 radical (unpaired) electrons. The molecule has 1 aliphatic heterocycles. The maximum Gasteiger partial charge on any atom is 0.225 e. The Kier molecular flexibility index (Phi) is 5.35. The lowest BCUT2D eigenvalue weighted by Crippen LogP contribution is -2.50. The number of benzene rings is 1. The molecule has 150 valence electrons. The zero-order valence-corrected chi connectivity index (χ0v) is 18.8. The van der Waals surface area contributed by atoms with E-state index in [2.05, 4.69) is 30.8 Å². The van der Waals surface area contributed by atoms with E-state index >= 15 is 0 Å². The highest BCUT2D eigenvalue weighted by molar-refractivity contribution is 9.10. The first-order valence-electron chi connectivity index (χ1n) is 8.86. The van der Waals surface area contributed by atoms with Gasteiger partial charge in [-0.25, -0.2) is 14.4 Å². The van der Waals surface area contributed by atoms with Crippen molar-refractivity contribution in [2.45, 2.75) is 24.0 Å². The summed E-state index contributed by atoms with van der Waals surface area (Å²) in [5.74, 6) is 0.637. The average molecular weight is 490 g/mol. The second kappa shape index (κ2) is 7.50. The first kappa shape index (κ1) is 20.0. The van der Waals surface area contributed by atoms with Gasteiger partial charge in [-0.2, -0.15) is 0 Å². The van der Waals surface area contributed by atoms with Crippen LogP contribution in [-0.2, 0) is 4.79 Å². The van der Waals surface area contributed by atoms with Crippen LogP contribution in [0, 0.1) is 11.7 Å². The number of carbonyl (C=O) groups is 1. The maximum atomic E-state index is 15.0. The fraction of sp³-hybridized carbons (Fsp3) is 0.500. The Morgan fingerprint density at radius 2 is 2.11 bits per heavy atom. The van der Waals surface area contributed by atoms with Gasteiger partial charge in [-0.3, -0.25) is 4.79 Å². The Hall–Kier alpha value is -1.32. The number of carbonyl (C=O) groups excluding carboxylic acids is 1. The van der Waals surface area contributed by atoms with E-state index < -0.39 is 5.82 Å². The normalized spacial score (nSPS) is 21.1. The molecule has 0 N–H and O–H groups in total. The van der Waals surface area contributed by atoms with E-state index in [-0.39, 0.29) is 32.9 Å². The molecule has 0 atom stereocenters. The molecule has 1 aliphatic carbocycles. The first-order chi connectivity index (χ1) is 13.3. The number of thioether (sulfide) groups is 1. The Morgan fingerprint density at radius 3 is 2.75 bits per heavy atom. The standard InChI is InChI=1S/C18H19BrClFN4O2S/c1-24(2)17(26)8-6-9(7-8)25-4-5-27-15-10-14(13(21)11(19)12(15)20)22-18(28-3)23-16(10)25/h8-9H,4-7H2,1-3H3. The summed E-state index contributed by atoms with van der Waals surface area (Å²) in [6.45, 7) is 0.971. The first-order valence-corrected chi connectivity index (χ1v) is 11.3. The quantitative estimate of drug-likeness (QED) is 0.369. The number of halogens is 3. The molecule has 1 aromatic heterocycles. The van der Waals surface area contributed by atoms with Gasteiger partial charge >= 0.3 is 0 Å². The molecular formula is C18H19BrClFN4O2S. The predicted octanol–water partition coefficient (Wildman–Crippen LogP) is 3.97. The molecule has 6 nitrogen and oxygen atoms in total. The van der Waals surface area contributed by atoms with Crippen LogP contribution in [0.2, 0.25) is 5.02 Å². The van der Waals surface area contributed by atoms with E-state index in [1.54, 1.807) is 19.0 Å². The number of nitrogens with zero attached hydrogens (tertiary/aromatic N) is 4. The summed E-state index contributed by atoms with van der Waals surface area (Å²) in [5, 5.41) is 1.15. The van der Waals surface area contributed by atoms with E-state index in [4.69, 9.17) is 16.3 Å². The number of hydrogen-bond donors (Lipinski definition) is 0. The molecule has 1 fully saturated rings. The SMILES string of the molecule is CSc1nc2c3c(c(Cl)c(Br)c(F)c3n1)OCCN2C1CC(C(=O)N(C)C)C1. The Morgan fingerprint density at radius 1 is 1.39 bits per heavy atom. The lowest BCUT2D eigenvalue weighted by molar-refractivity contribution is -0.136. The fourth-order valence-corrected chi connectivity index (χ4v) is 4.72. The minimum Gasteiger partial charge on any atom is -0.489 e. The van der Waals surface area contributed by atoms with Crippen molar-refractivity contribution in [2.75, 3.05) is 38.4 Å².